The van der Waals surface area contributed by atoms with Gasteiger partial charge in [-0.1, -0.05) is 12.1 Å². The zero-order chi connectivity index (χ0) is 21.5. The number of H-pyrrole nitrogens is 1. The summed E-state index contributed by atoms with van der Waals surface area (Å²) in [7, 11) is 0. The van der Waals surface area contributed by atoms with Crippen molar-refractivity contribution in [1.29, 1.82) is 0 Å². The number of halogens is 4. The fourth-order valence-corrected chi connectivity index (χ4v) is 3.73. The summed E-state index contributed by atoms with van der Waals surface area (Å²) in [6.07, 6.45) is -4.43. The lowest BCUT2D eigenvalue weighted by molar-refractivity contribution is -0.137. The fourth-order valence-electron chi connectivity index (χ4n) is 3.73. The van der Waals surface area contributed by atoms with Crippen molar-refractivity contribution in [3.63, 3.8) is 0 Å². The molecule has 158 valence electrons. The second-order valence-corrected chi connectivity index (χ2v) is 7.65. The van der Waals surface area contributed by atoms with E-state index < -0.39 is 11.7 Å². The lowest BCUT2D eigenvalue weighted by Gasteiger charge is -2.34. The van der Waals surface area contributed by atoms with E-state index in [0.717, 1.165) is 17.7 Å². The summed E-state index contributed by atoms with van der Waals surface area (Å²) in [6, 6.07) is 9.99. The van der Waals surface area contributed by atoms with Gasteiger partial charge in [0.25, 0.3) is 5.91 Å². The normalized spacial score (nSPS) is 15.7. The number of fused-ring (bicyclic) bond motifs is 1. The monoisotopic (exact) mass is 419 g/mol. The molecule has 1 fully saturated rings. The van der Waals surface area contributed by atoms with E-state index in [4.69, 9.17) is 0 Å². The summed E-state index contributed by atoms with van der Waals surface area (Å²) in [5.74, 6) is -0.481. The number of aryl methyl sites for hydroxylation is 1. The lowest BCUT2D eigenvalue weighted by atomic mass is 10.1. The molecule has 0 radical (unpaired) electrons. The zero-order valence-electron chi connectivity index (χ0n) is 16.4. The Hall–Kier alpha value is -2.87. The Morgan fingerprint density at radius 2 is 1.77 bits per heavy atom. The van der Waals surface area contributed by atoms with Gasteiger partial charge in [0.1, 0.15) is 11.5 Å². The highest BCUT2D eigenvalue weighted by Gasteiger charge is 2.31. The molecule has 0 saturated carbocycles. The van der Waals surface area contributed by atoms with E-state index in [1.807, 2.05) is 13.0 Å². The largest absolute Gasteiger partial charge is 0.416 e. The number of carbonyl (C=O) groups excluding carboxylic acids is 1. The summed E-state index contributed by atoms with van der Waals surface area (Å²) >= 11 is 0. The van der Waals surface area contributed by atoms with Crippen molar-refractivity contribution in [2.24, 2.45) is 0 Å². The SMILES string of the molecule is Cc1ccc(CN2CCN(C(=O)c3cc4cc(C(F)(F)F)ccc4[nH]3)CC2)c(F)c1. The zero-order valence-corrected chi connectivity index (χ0v) is 16.4. The van der Waals surface area contributed by atoms with Gasteiger partial charge in [-0.25, -0.2) is 4.39 Å². The molecule has 1 aliphatic rings. The molecular weight excluding hydrogens is 398 g/mol. The number of nitrogens with one attached hydrogen (secondary N) is 1. The third-order valence-electron chi connectivity index (χ3n) is 5.44. The van der Waals surface area contributed by atoms with Crippen LogP contribution in [0.3, 0.4) is 0 Å². The van der Waals surface area contributed by atoms with Crippen LogP contribution in [-0.2, 0) is 12.7 Å². The van der Waals surface area contributed by atoms with Crippen molar-refractivity contribution >= 4 is 16.8 Å². The molecule has 1 aliphatic heterocycles. The van der Waals surface area contributed by atoms with Gasteiger partial charge in [-0.3, -0.25) is 9.69 Å². The van der Waals surface area contributed by atoms with E-state index in [9.17, 15) is 22.4 Å². The Morgan fingerprint density at radius 1 is 1.03 bits per heavy atom. The smallest absolute Gasteiger partial charge is 0.351 e. The lowest BCUT2D eigenvalue weighted by Crippen LogP contribution is -2.48. The summed E-state index contributed by atoms with van der Waals surface area (Å²) in [6.45, 7) is 4.44. The van der Waals surface area contributed by atoms with Crippen LogP contribution in [0.5, 0.6) is 0 Å². The number of benzene rings is 2. The van der Waals surface area contributed by atoms with Gasteiger partial charge >= 0.3 is 6.18 Å². The van der Waals surface area contributed by atoms with Crippen LogP contribution < -0.4 is 0 Å². The molecule has 2 aromatic carbocycles. The van der Waals surface area contributed by atoms with Crippen molar-refractivity contribution in [1.82, 2.24) is 14.8 Å². The summed E-state index contributed by atoms with van der Waals surface area (Å²) in [5.41, 5.74) is 1.50. The highest BCUT2D eigenvalue weighted by atomic mass is 19.4. The quantitative estimate of drug-likeness (QED) is 0.631. The first-order valence-corrected chi connectivity index (χ1v) is 9.67. The van der Waals surface area contributed by atoms with E-state index in [0.29, 0.717) is 49.2 Å². The number of hydrogen-bond donors (Lipinski definition) is 1. The van der Waals surface area contributed by atoms with Crippen LogP contribution in [0.1, 0.15) is 27.2 Å². The number of aromatic amines is 1. The average Bonchev–Trinajstić information content (AvgIpc) is 3.13. The number of nitrogens with zero attached hydrogens (tertiary/aromatic N) is 2. The van der Waals surface area contributed by atoms with Gasteiger partial charge in [0.05, 0.1) is 5.56 Å². The summed E-state index contributed by atoms with van der Waals surface area (Å²) < 4.78 is 52.8. The maximum atomic E-state index is 14.1. The highest BCUT2D eigenvalue weighted by Crippen LogP contribution is 2.31. The predicted octanol–water partition coefficient (Wildman–Crippen LogP) is 4.59. The maximum absolute atomic E-state index is 14.1. The van der Waals surface area contributed by atoms with Gasteiger partial charge in [0, 0.05) is 49.2 Å². The summed E-state index contributed by atoms with van der Waals surface area (Å²) in [5, 5.41) is 0.349. The van der Waals surface area contributed by atoms with Crippen molar-refractivity contribution in [3.05, 3.63) is 70.7 Å². The Kier molecular flexibility index (Phi) is 5.27. The van der Waals surface area contributed by atoms with Crippen LogP contribution >= 0.6 is 0 Å². The predicted molar refractivity (Wildman–Crippen MR) is 106 cm³/mol. The number of piperazine rings is 1. The minimum absolute atomic E-state index is 0.232. The van der Waals surface area contributed by atoms with Crippen molar-refractivity contribution in [2.75, 3.05) is 26.2 Å². The molecule has 0 atom stereocenters. The van der Waals surface area contributed by atoms with Crippen molar-refractivity contribution in [3.8, 4) is 0 Å². The number of amides is 1. The van der Waals surface area contributed by atoms with Gasteiger partial charge < -0.3 is 9.88 Å². The van der Waals surface area contributed by atoms with Crippen LogP contribution in [0.2, 0.25) is 0 Å². The van der Waals surface area contributed by atoms with E-state index in [-0.39, 0.29) is 17.4 Å². The minimum Gasteiger partial charge on any atom is -0.351 e. The van der Waals surface area contributed by atoms with Crippen LogP contribution in [0, 0.1) is 12.7 Å². The molecule has 0 spiro atoms. The van der Waals surface area contributed by atoms with Crippen LogP contribution in [0.25, 0.3) is 10.9 Å². The Labute approximate surface area is 171 Å². The molecule has 1 N–H and O–H groups in total. The fraction of sp³-hybridized carbons (Fsp3) is 0.318. The third-order valence-corrected chi connectivity index (χ3v) is 5.44. The van der Waals surface area contributed by atoms with Gasteiger partial charge in [0.15, 0.2) is 0 Å². The molecule has 2 heterocycles. The van der Waals surface area contributed by atoms with E-state index in [1.54, 1.807) is 11.0 Å². The number of rotatable bonds is 3. The minimum atomic E-state index is -4.43. The van der Waals surface area contributed by atoms with E-state index in [2.05, 4.69) is 9.88 Å². The van der Waals surface area contributed by atoms with E-state index >= 15 is 0 Å². The van der Waals surface area contributed by atoms with Crippen molar-refractivity contribution in [2.45, 2.75) is 19.6 Å². The maximum Gasteiger partial charge on any atom is 0.416 e. The Bertz CT molecular complexity index is 1080. The van der Waals surface area contributed by atoms with Gasteiger partial charge in [-0.2, -0.15) is 13.2 Å². The van der Waals surface area contributed by atoms with Gasteiger partial charge in [0.2, 0.25) is 0 Å². The Morgan fingerprint density at radius 3 is 2.43 bits per heavy atom. The van der Waals surface area contributed by atoms with Gasteiger partial charge in [-0.05, 0) is 42.8 Å². The van der Waals surface area contributed by atoms with Crippen LogP contribution in [-0.4, -0.2) is 46.9 Å². The third kappa shape index (κ3) is 4.18. The topological polar surface area (TPSA) is 39.3 Å². The highest BCUT2D eigenvalue weighted by molar-refractivity contribution is 5.98. The summed E-state index contributed by atoms with van der Waals surface area (Å²) in [4.78, 5) is 19.5. The molecule has 4 rings (SSSR count). The molecular formula is C22H21F4N3O. The molecule has 4 nitrogen and oxygen atoms in total. The first-order valence-electron chi connectivity index (χ1n) is 9.67. The van der Waals surface area contributed by atoms with Crippen LogP contribution in [0.4, 0.5) is 17.6 Å². The molecule has 8 heteroatoms. The standard InChI is InChI=1S/C22H21F4N3O/c1-14-2-3-15(18(23)10-14)13-28-6-8-29(9-7-28)21(30)20-12-16-11-17(22(24,25)26)4-5-19(16)27-20/h2-5,10-12,27H,6-9,13H2,1H3. The Balaban J connectivity index is 1.41. The molecule has 3 aromatic rings. The number of aromatic nitrogens is 1. The molecule has 0 bridgehead atoms. The molecule has 30 heavy (non-hydrogen) atoms. The first kappa shape index (κ1) is 20.4. The second-order valence-electron chi connectivity index (χ2n) is 7.65. The molecule has 0 aliphatic carbocycles. The second kappa shape index (κ2) is 7.75. The molecule has 1 amide bonds. The average molecular weight is 419 g/mol. The molecule has 0 unspecified atom stereocenters. The number of hydrogen-bond acceptors (Lipinski definition) is 2. The van der Waals surface area contributed by atoms with Gasteiger partial charge in [-0.15, -0.1) is 0 Å². The molecule has 1 saturated heterocycles. The van der Waals surface area contributed by atoms with Crippen molar-refractivity contribution < 1.29 is 22.4 Å². The number of alkyl halides is 3. The number of carbonyl (C=O) groups is 1. The first-order chi connectivity index (χ1) is 14.2. The van der Waals surface area contributed by atoms with Crippen LogP contribution in [0.15, 0.2) is 42.5 Å². The van der Waals surface area contributed by atoms with E-state index in [1.165, 1.54) is 18.2 Å². The molecule has 1 aromatic heterocycles.